The maximum atomic E-state index is 12.2. The molecule has 0 radical (unpaired) electrons. The van der Waals surface area contributed by atoms with Crippen molar-refractivity contribution in [1.82, 2.24) is 4.90 Å². The van der Waals surface area contributed by atoms with Gasteiger partial charge in [0.15, 0.2) is 0 Å². The second-order valence-electron chi connectivity index (χ2n) is 5.08. The van der Waals surface area contributed by atoms with E-state index in [-0.39, 0.29) is 11.8 Å². The fourth-order valence-corrected chi connectivity index (χ4v) is 3.15. The molecule has 1 aliphatic rings. The van der Waals surface area contributed by atoms with Crippen LogP contribution in [0.5, 0.6) is 5.75 Å². The molecule has 0 saturated carbocycles. The van der Waals surface area contributed by atoms with Crippen LogP contribution in [0.2, 0.25) is 0 Å². The first-order valence-corrected chi connectivity index (χ1v) is 8.63. The lowest BCUT2D eigenvalue weighted by Gasteiger charge is -2.13. The highest BCUT2D eigenvalue weighted by molar-refractivity contribution is 7.99. The Hall–Kier alpha value is -2.27. The number of thioether (sulfide) groups is 1. The minimum absolute atomic E-state index is 0.188. The third-order valence-corrected chi connectivity index (χ3v) is 4.50. The molecule has 2 aromatic carbocycles. The summed E-state index contributed by atoms with van der Waals surface area (Å²) < 4.78 is 5.60. The van der Waals surface area contributed by atoms with Crippen LogP contribution < -0.4 is 4.74 Å². The molecule has 2 amide bonds. The standard InChI is InChI=1S/C18H17NO3S/c20-17-15-8-4-5-9-16(15)18(21)19(17)10-12-23-13-11-22-14-6-2-1-3-7-14/h1-9H,10-13H2. The molecule has 5 heteroatoms. The highest BCUT2D eigenvalue weighted by atomic mass is 32.2. The van der Waals surface area contributed by atoms with Gasteiger partial charge in [-0.1, -0.05) is 30.3 Å². The number of ether oxygens (including phenoxy) is 1. The predicted octanol–water partition coefficient (Wildman–Crippen LogP) is 3.09. The Kier molecular flexibility index (Phi) is 4.98. The summed E-state index contributed by atoms with van der Waals surface area (Å²) in [6.07, 6.45) is 0. The number of fused-ring (bicyclic) bond motifs is 1. The average Bonchev–Trinajstić information content (AvgIpc) is 2.84. The Bertz CT molecular complexity index is 667. The zero-order chi connectivity index (χ0) is 16.1. The summed E-state index contributed by atoms with van der Waals surface area (Å²) in [7, 11) is 0. The second kappa shape index (κ2) is 7.33. The predicted molar refractivity (Wildman–Crippen MR) is 91.1 cm³/mol. The van der Waals surface area contributed by atoms with Crippen LogP contribution in [0.4, 0.5) is 0 Å². The SMILES string of the molecule is O=C1c2ccccc2C(=O)N1CCSCCOc1ccccc1. The van der Waals surface area contributed by atoms with Gasteiger partial charge in [0.1, 0.15) is 5.75 Å². The number of carbonyl (C=O) groups excluding carboxylic acids is 2. The van der Waals surface area contributed by atoms with Crippen LogP contribution in [0.25, 0.3) is 0 Å². The highest BCUT2D eigenvalue weighted by Crippen LogP contribution is 2.22. The maximum absolute atomic E-state index is 12.2. The number of amides is 2. The zero-order valence-corrected chi connectivity index (χ0v) is 13.4. The van der Waals surface area contributed by atoms with E-state index in [9.17, 15) is 9.59 Å². The summed E-state index contributed by atoms with van der Waals surface area (Å²) in [5.41, 5.74) is 1.02. The van der Waals surface area contributed by atoms with Gasteiger partial charge in [0.2, 0.25) is 0 Å². The van der Waals surface area contributed by atoms with Gasteiger partial charge in [-0.15, -0.1) is 0 Å². The summed E-state index contributed by atoms with van der Waals surface area (Å²) in [6, 6.07) is 16.6. The molecule has 0 spiro atoms. The van der Waals surface area contributed by atoms with Crippen molar-refractivity contribution in [2.45, 2.75) is 0 Å². The summed E-state index contributed by atoms with van der Waals surface area (Å²) in [4.78, 5) is 25.7. The smallest absolute Gasteiger partial charge is 0.261 e. The number of benzene rings is 2. The van der Waals surface area contributed by atoms with Gasteiger partial charge in [-0.25, -0.2) is 0 Å². The van der Waals surface area contributed by atoms with Gasteiger partial charge in [-0.05, 0) is 24.3 Å². The van der Waals surface area contributed by atoms with E-state index in [1.54, 1.807) is 36.0 Å². The van der Waals surface area contributed by atoms with Crippen molar-refractivity contribution in [2.24, 2.45) is 0 Å². The first-order valence-electron chi connectivity index (χ1n) is 7.48. The molecule has 23 heavy (non-hydrogen) atoms. The van der Waals surface area contributed by atoms with E-state index in [1.165, 1.54) is 4.90 Å². The van der Waals surface area contributed by atoms with E-state index in [4.69, 9.17) is 4.74 Å². The molecule has 0 aromatic heterocycles. The van der Waals surface area contributed by atoms with E-state index in [1.807, 2.05) is 30.3 Å². The third kappa shape index (κ3) is 3.56. The zero-order valence-electron chi connectivity index (χ0n) is 12.6. The molecule has 4 nitrogen and oxygen atoms in total. The van der Waals surface area contributed by atoms with Crippen LogP contribution in [0, 0.1) is 0 Å². The van der Waals surface area contributed by atoms with E-state index < -0.39 is 0 Å². The monoisotopic (exact) mass is 327 g/mol. The van der Waals surface area contributed by atoms with E-state index in [0.717, 1.165) is 11.5 Å². The minimum atomic E-state index is -0.188. The number of nitrogens with zero attached hydrogens (tertiary/aromatic N) is 1. The van der Waals surface area contributed by atoms with Crippen molar-refractivity contribution in [3.8, 4) is 5.75 Å². The molecule has 1 aliphatic heterocycles. The number of rotatable bonds is 7. The Morgan fingerprint density at radius 3 is 2.09 bits per heavy atom. The Labute approximate surface area is 139 Å². The fourth-order valence-electron chi connectivity index (χ4n) is 2.44. The summed E-state index contributed by atoms with van der Waals surface area (Å²) in [6.45, 7) is 1.04. The fraction of sp³-hybridized carbons (Fsp3) is 0.222. The van der Waals surface area contributed by atoms with Crippen LogP contribution in [0.15, 0.2) is 54.6 Å². The van der Waals surface area contributed by atoms with E-state index >= 15 is 0 Å². The van der Waals surface area contributed by atoms with E-state index in [2.05, 4.69) is 0 Å². The van der Waals surface area contributed by atoms with Gasteiger partial charge >= 0.3 is 0 Å². The number of para-hydroxylation sites is 1. The van der Waals surface area contributed by atoms with Crippen molar-refractivity contribution in [3.63, 3.8) is 0 Å². The Balaban J connectivity index is 1.40. The summed E-state index contributed by atoms with van der Waals surface area (Å²) in [5.74, 6) is 2.01. The number of hydrogen-bond donors (Lipinski definition) is 0. The van der Waals surface area contributed by atoms with Crippen LogP contribution in [-0.2, 0) is 0 Å². The molecule has 0 N–H and O–H groups in total. The first kappa shape index (κ1) is 15.6. The van der Waals surface area contributed by atoms with Gasteiger partial charge in [-0.3, -0.25) is 14.5 Å². The summed E-state index contributed by atoms with van der Waals surface area (Å²) >= 11 is 1.67. The Morgan fingerprint density at radius 2 is 1.43 bits per heavy atom. The minimum Gasteiger partial charge on any atom is -0.493 e. The molecule has 0 atom stereocenters. The molecule has 0 bridgehead atoms. The van der Waals surface area contributed by atoms with Gasteiger partial charge in [-0.2, -0.15) is 11.8 Å². The van der Waals surface area contributed by atoms with Gasteiger partial charge in [0.05, 0.1) is 17.7 Å². The van der Waals surface area contributed by atoms with E-state index in [0.29, 0.717) is 30.0 Å². The van der Waals surface area contributed by atoms with Crippen molar-refractivity contribution >= 4 is 23.6 Å². The molecule has 3 rings (SSSR count). The third-order valence-electron chi connectivity index (χ3n) is 3.58. The molecule has 1 heterocycles. The van der Waals surface area contributed by atoms with Crippen molar-refractivity contribution in [3.05, 3.63) is 65.7 Å². The van der Waals surface area contributed by atoms with Gasteiger partial charge in [0.25, 0.3) is 11.8 Å². The molecule has 118 valence electrons. The van der Waals surface area contributed by atoms with Crippen LogP contribution in [0.1, 0.15) is 20.7 Å². The molecule has 0 aliphatic carbocycles. The quantitative estimate of drug-likeness (QED) is 0.579. The van der Waals surface area contributed by atoms with Crippen LogP contribution in [0.3, 0.4) is 0 Å². The highest BCUT2D eigenvalue weighted by Gasteiger charge is 2.34. The molecular formula is C18H17NO3S. The van der Waals surface area contributed by atoms with Crippen molar-refractivity contribution < 1.29 is 14.3 Å². The first-order chi connectivity index (χ1) is 11.3. The Morgan fingerprint density at radius 1 is 0.826 bits per heavy atom. The molecule has 2 aromatic rings. The average molecular weight is 327 g/mol. The number of hydrogen-bond acceptors (Lipinski definition) is 4. The van der Waals surface area contributed by atoms with Gasteiger partial charge in [0, 0.05) is 18.1 Å². The largest absolute Gasteiger partial charge is 0.493 e. The lowest BCUT2D eigenvalue weighted by atomic mass is 10.1. The van der Waals surface area contributed by atoms with Crippen molar-refractivity contribution in [1.29, 1.82) is 0 Å². The lowest BCUT2D eigenvalue weighted by Crippen LogP contribution is -2.32. The summed E-state index contributed by atoms with van der Waals surface area (Å²) in [5, 5.41) is 0. The lowest BCUT2D eigenvalue weighted by molar-refractivity contribution is 0.0664. The maximum Gasteiger partial charge on any atom is 0.261 e. The van der Waals surface area contributed by atoms with Gasteiger partial charge < -0.3 is 4.74 Å². The normalized spacial score (nSPS) is 13.3. The molecule has 0 saturated heterocycles. The van der Waals surface area contributed by atoms with Crippen molar-refractivity contribution in [2.75, 3.05) is 24.7 Å². The topological polar surface area (TPSA) is 46.6 Å². The van der Waals surface area contributed by atoms with Crippen LogP contribution in [-0.4, -0.2) is 41.4 Å². The molecule has 0 unspecified atom stereocenters. The molecule has 0 fully saturated rings. The second-order valence-corrected chi connectivity index (χ2v) is 6.31. The molecular weight excluding hydrogens is 310 g/mol. The number of carbonyl (C=O) groups is 2. The van der Waals surface area contributed by atoms with Crippen LogP contribution >= 0.6 is 11.8 Å². The number of imide groups is 1.